The molecule has 1 saturated heterocycles. The van der Waals surface area contributed by atoms with Crippen LogP contribution in [0.1, 0.15) is 51.2 Å². The van der Waals surface area contributed by atoms with Crippen molar-refractivity contribution in [2.45, 2.75) is 51.4 Å². The Morgan fingerprint density at radius 1 is 1.38 bits per heavy atom. The van der Waals surface area contributed by atoms with E-state index >= 15 is 0 Å². The normalized spacial score (nSPS) is 25.9. The molecule has 1 aromatic heterocycles. The number of nitrogens with one attached hydrogen (secondary N) is 2. The highest BCUT2D eigenvalue weighted by atomic mass is 15.2. The van der Waals surface area contributed by atoms with Crippen molar-refractivity contribution in [2.24, 2.45) is 0 Å². The van der Waals surface area contributed by atoms with Gasteiger partial charge in [-0.2, -0.15) is 5.10 Å². The predicted octanol–water partition coefficient (Wildman–Crippen LogP) is 1.79. The van der Waals surface area contributed by atoms with Crippen LogP contribution in [0.5, 0.6) is 0 Å². The molecule has 2 heterocycles. The van der Waals surface area contributed by atoms with Crippen LogP contribution in [-0.2, 0) is 11.8 Å². The number of hydrogen-bond acceptors (Lipinski definition) is 3. The van der Waals surface area contributed by atoms with Crippen molar-refractivity contribution in [1.82, 2.24) is 20.5 Å². The monoisotopic (exact) mass is 222 g/mol. The van der Waals surface area contributed by atoms with Gasteiger partial charge in [0.15, 0.2) is 5.82 Å². The quantitative estimate of drug-likeness (QED) is 0.816. The van der Waals surface area contributed by atoms with Gasteiger partial charge in [0.25, 0.3) is 0 Å². The standard InChI is InChI=1S/C12H22N4/c1-3-6-10-14-11(16-15-10)12(4-2)7-5-8-13-9-12/h13H,3-9H2,1-2H3,(H,14,15,16). The zero-order valence-corrected chi connectivity index (χ0v) is 10.3. The molecule has 1 atom stereocenters. The van der Waals surface area contributed by atoms with Gasteiger partial charge in [-0.25, -0.2) is 4.98 Å². The number of aryl methyl sites for hydroxylation is 1. The van der Waals surface area contributed by atoms with Crippen LogP contribution in [0.4, 0.5) is 0 Å². The minimum atomic E-state index is 0.167. The Bertz CT molecular complexity index is 326. The van der Waals surface area contributed by atoms with Crippen molar-refractivity contribution in [2.75, 3.05) is 13.1 Å². The molecule has 0 bridgehead atoms. The van der Waals surface area contributed by atoms with Crippen LogP contribution in [0.25, 0.3) is 0 Å². The van der Waals surface area contributed by atoms with E-state index in [0.717, 1.165) is 44.0 Å². The molecule has 0 spiro atoms. The van der Waals surface area contributed by atoms with Gasteiger partial charge >= 0.3 is 0 Å². The Kier molecular flexibility index (Phi) is 3.59. The summed E-state index contributed by atoms with van der Waals surface area (Å²) in [6, 6.07) is 0. The van der Waals surface area contributed by atoms with Crippen LogP contribution >= 0.6 is 0 Å². The van der Waals surface area contributed by atoms with E-state index in [0.29, 0.717) is 0 Å². The summed E-state index contributed by atoms with van der Waals surface area (Å²) in [6.45, 7) is 6.56. The lowest BCUT2D eigenvalue weighted by atomic mass is 9.77. The molecule has 90 valence electrons. The highest BCUT2D eigenvalue weighted by Gasteiger charge is 2.35. The highest BCUT2D eigenvalue weighted by molar-refractivity contribution is 5.10. The van der Waals surface area contributed by atoms with E-state index in [4.69, 9.17) is 0 Å². The van der Waals surface area contributed by atoms with Crippen LogP contribution in [-0.4, -0.2) is 28.3 Å². The first-order chi connectivity index (χ1) is 7.80. The minimum absolute atomic E-state index is 0.167. The van der Waals surface area contributed by atoms with Crippen LogP contribution in [0.3, 0.4) is 0 Å². The summed E-state index contributed by atoms with van der Waals surface area (Å²) < 4.78 is 0. The minimum Gasteiger partial charge on any atom is -0.316 e. The fraction of sp³-hybridized carbons (Fsp3) is 0.833. The number of H-pyrrole nitrogens is 1. The summed E-state index contributed by atoms with van der Waals surface area (Å²) in [6.07, 6.45) is 5.67. The molecule has 4 heteroatoms. The lowest BCUT2D eigenvalue weighted by molar-refractivity contribution is 0.288. The Hall–Kier alpha value is -0.900. The predicted molar refractivity (Wildman–Crippen MR) is 64.5 cm³/mol. The molecule has 0 aliphatic carbocycles. The summed E-state index contributed by atoms with van der Waals surface area (Å²) >= 11 is 0. The molecular weight excluding hydrogens is 200 g/mol. The summed E-state index contributed by atoms with van der Waals surface area (Å²) in [4.78, 5) is 4.66. The second-order valence-electron chi connectivity index (χ2n) is 4.77. The van der Waals surface area contributed by atoms with Gasteiger partial charge in [0.2, 0.25) is 0 Å². The van der Waals surface area contributed by atoms with Crippen LogP contribution in [0.2, 0.25) is 0 Å². The number of nitrogens with zero attached hydrogens (tertiary/aromatic N) is 2. The van der Waals surface area contributed by atoms with Crippen LogP contribution in [0, 0.1) is 0 Å². The molecular formula is C12H22N4. The fourth-order valence-electron chi connectivity index (χ4n) is 2.50. The smallest absolute Gasteiger partial charge is 0.158 e. The molecule has 1 aliphatic rings. The first kappa shape index (κ1) is 11.6. The van der Waals surface area contributed by atoms with E-state index in [2.05, 4.69) is 34.3 Å². The van der Waals surface area contributed by atoms with Gasteiger partial charge in [-0.3, -0.25) is 5.10 Å². The molecule has 0 aromatic carbocycles. The van der Waals surface area contributed by atoms with Gasteiger partial charge in [0.1, 0.15) is 5.82 Å². The molecule has 1 aromatic rings. The van der Waals surface area contributed by atoms with E-state index < -0.39 is 0 Å². The fourth-order valence-corrected chi connectivity index (χ4v) is 2.50. The molecule has 2 N–H and O–H groups in total. The third-order valence-corrected chi connectivity index (χ3v) is 3.64. The van der Waals surface area contributed by atoms with Crippen molar-refractivity contribution in [3.8, 4) is 0 Å². The van der Waals surface area contributed by atoms with Crippen molar-refractivity contribution in [3.05, 3.63) is 11.6 Å². The third kappa shape index (κ3) is 2.12. The number of aromatic amines is 1. The SMILES string of the molecule is CCCc1nc(C2(CC)CCCNC2)n[nH]1. The van der Waals surface area contributed by atoms with Gasteiger partial charge in [-0.1, -0.05) is 13.8 Å². The molecule has 1 unspecified atom stereocenters. The molecule has 1 aliphatic heterocycles. The van der Waals surface area contributed by atoms with Crippen molar-refractivity contribution < 1.29 is 0 Å². The van der Waals surface area contributed by atoms with E-state index in [-0.39, 0.29) is 5.41 Å². The number of aromatic nitrogens is 3. The lowest BCUT2D eigenvalue weighted by Gasteiger charge is -2.34. The summed E-state index contributed by atoms with van der Waals surface area (Å²) in [5.74, 6) is 2.06. The topological polar surface area (TPSA) is 53.6 Å². The maximum absolute atomic E-state index is 4.66. The molecule has 16 heavy (non-hydrogen) atoms. The third-order valence-electron chi connectivity index (χ3n) is 3.64. The number of hydrogen-bond donors (Lipinski definition) is 2. The first-order valence-electron chi connectivity index (χ1n) is 6.43. The Balaban J connectivity index is 2.18. The second kappa shape index (κ2) is 4.95. The summed E-state index contributed by atoms with van der Waals surface area (Å²) in [5.41, 5.74) is 0.167. The molecule has 0 amide bonds. The van der Waals surface area contributed by atoms with Gasteiger partial charge in [-0.05, 0) is 32.2 Å². The van der Waals surface area contributed by atoms with Gasteiger partial charge in [0, 0.05) is 18.4 Å². The maximum Gasteiger partial charge on any atom is 0.158 e. The largest absolute Gasteiger partial charge is 0.316 e. The van der Waals surface area contributed by atoms with Crippen molar-refractivity contribution >= 4 is 0 Å². The van der Waals surface area contributed by atoms with E-state index in [1.165, 1.54) is 12.8 Å². The zero-order chi connectivity index (χ0) is 11.4. The van der Waals surface area contributed by atoms with Gasteiger partial charge in [0.05, 0.1) is 0 Å². The average molecular weight is 222 g/mol. The number of rotatable bonds is 4. The van der Waals surface area contributed by atoms with Crippen LogP contribution in [0.15, 0.2) is 0 Å². The van der Waals surface area contributed by atoms with Gasteiger partial charge in [-0.15, -0.1) is 0 Å². The van der Waals surface area contributed by atoms with E-state index in [1.54, 1.807) is 0 Å². The lowest BCUT2D eigenvalue weighted by Crippen LogP contribution is -2.43. The molecule has 2 rings (SSSR count). The van der Waals surface area contributed by atoms with E-state index in [1.807, 2.05) is 0 Å². The summed E-state index contributed by atoms with van der Waals surface area (Å²) in [5, 5.41) is 11.0. The maximum atomic E-state index is 4.66. The molecule has 4 nitrogen and oxygen atoms in total. The summed E-state index contributed by atoms with van der Waals surface area (Å²) in [7, 11) is 0. The van der Waals surface area contributed by atoms with Crippen molar-refractivity contribution in [3.63, 3.8) is 0 Å². The van der Waals surface area contributed by atoms with Crippen LogP contribution < -0.4 is 5.32 Å². The first-order valence-corrected chi connectivity index (χ1v) is 6.43. The highest BCUT2D eigenvalue weighted by Crippen LogP contribution is 2.31. The second-order valence-corrected chi connectivity index (χ2v) is 4.77. The number of piperidine rings is 1. The Morgan fingerprint density at radius 2 is 2.25 bits per heavy atom. The van der Waals surface area contributed by atoms with Crippen molar-refractivity contribution in [1.29, 1.82) is 0 Å². The Labute approximate surface area is 97.2 Å². The molecule has 1 fully saturated rings. The average Bonchev–Trinajstić information content (AvgIpc) is 2.80. The molecule has 0 radical (unpaired) electrons. The molecule has 0 saturated carbocycles. The van der Waals surface area contributed by atoms with E-state index in [9.17, 15) is 0 Å². The van der Waals surface area contributed by atoms with Gasteiger partial charge < -0.3 is 5.32 Å². The Morgan fingerprint density at radius 3 is 2.88 bits per heavy atom. The zero-order valence-electron chi connectivity index (χ0n) is 10.3.